The molecule has 2 atom stereocenters. The van der Waals surface area contributed by atoms with Crippen LogP contribution in [0.15, 0.2) is 24.5 Å². The Morgan fingerprint density at radius 2 is 2.11 bits per heavy atom. The van der Waals surface area contributed by atoms with Gasteiger partial charge in [-0.3, -0.25) is 4.79 Å². The fraction of sp³-hybridized carbons (Fsp3) is 0.643. The fourth-order valence-electron chi connectivity index (χ4n) is 2.30. The van der Waals surface area contributed by atoms with Crippen molar-refractivity contribution >= 4 is 5.91 Å². The van der Waals surface area contributed by atoms with Gasteiger partial charge in [0, 0.05) is 31.5 Å². The highest BCUT2D eigenvalue weighted by atomic mass is 16.5. The molecule has 1 amide bonds. The highest BCUT2D eigenvalue weighted by Crippen LogP contribution is 2.13. The Bertz CT molecular complexity index is 378. The lowest BCUT2D eigenvalue weighted by atomic mass is 10.0. The van der Waals surface area contributed by atoms with Crippen LogP contribution in [0.1, 0.15) is 13.3 Å². The third kappa shape index (κ3) is 4.08. The summed E-state index contributed by atoms with van der Waals surface area (Å²) in [5, 5.41) is 6.36. The summed E-state index contributed by atoms with van der Waals surface area (Å²) in [5.41, 5.74) is 0. The van der Waals surface area contributed by atoms with Crippen LogP contribution in [0.4, 0.5) is 0 Å². The van der Waals surface area contributed by atoms with Crippen LogP contribution in [0.2, 0.25) is 0 Å². The number of nitrogens with one attached hydrogen (secondary N) is 2. The topological polar surface area (TPSA) is 55.3 Å². The van der Waals surface area contributed by atoms with Crippen molar-refractivity contribution in [1.82, 2.24) is 15.2 Å². The van der Waals surface area contributed by atoms with Crippen LogP contribution >= 0.6 is 0 Å². The highest BCUT2D eigenvalue weighted by molar-refractivity contribution is 5.79. The van der Waals surface area contributed by atoms with Crippen LogP contribution < -0.4 is 10.6 Å². The predicted molar refractivity (Wildman–Crippen MR) is 73.8 cm³/mol. The minimum atomic E-state index is -0.0591. The van der Waals surface area contributed by atoms with E-state index in [0.29, 0.717) is 19.8 Å². The summed E-state index contributed by atoms with van der Waals surface area (Å²) in [6.45, 7) is 5.67. The molecule has 1 aliphatic heterocycles. The van der Waals surface area contributed by atoms with Gasteiger partial charge in [0.25, 0.3) is 0 Å². The molecule has 5 nitrogen and oxygen atoms in total. The molecule has 0 radical (unpaired) electrons. The van der Waals surface area contributed by atoms with Crippen LogP contribution in [-0.4, -0.2) is 42.8 Å². The molecule has 1 saturated heterocycles. The van der Waals surface area contributed by atoms with Crippen molar-refractivity contribution < 1.29 is 9.53 Å². The van der Waals surface area contributed by atoms with Crippen LogP contribution in [0, 0.1) is 5.92 Å². The van der Waals surface area contributed by atoms with E-state index in [1.807, 2.05) is 24.5 Å². The molecule has 2 N–H and O–H groups in total. The zero-order valence-corrected chi connectivity index (χ0v) is 11.5. The first-order valence-corrected chi connectivity index (χ1v) is 7.01. The van der Waals surface area contributed by atoms with E-state index in [9.17, 15) is 4.79 Å². The summed E-state index contributed by atoms with van der Waals surface area (Å²) in [6, 6.07) is 4.13. The first-order chi connectivity index (χ1) is 9.31. The average molecular weight is 265 g/mol. The minimum absolute atomic E-state index is 0.0591. The van der Waals surface area contributed by atoms with E-state index in [2.05, 4.69) is 22.1 Å². The lowest BCUT2D eigenvalue weighted by molar-refractivity contribution is -0.125. The van der Waals surface area contributed by atoms with Crippen LogP contribution in [0.3, 0.4) is 0 Å². The second-order valence-electron chi connectivity index (χ2n) is 4.92. The molecule has 1 aromatic rings. The van der Waals surface area contributed by atoms with Gasteiger partial charge in [-0.2, -0.15) is 0 Å². The SMILES string of the molecule is CCCNC1COCC1C(=O)NCCn1cccc1. The van der Waals surface area contributed by atoms with E-state index >= 15 is 0 Å². The van der Waals surface area contributed by atoms with Gasteiger partial charge in [0.05, 0.1) is 19.1 Å². The van der Waals surface area contributed by atoms with Crippen molar-refractivity contribution in [3.63, 3.8) is 0 Å². The van der Waals surface area contributed by atoms with Gasteiger partial charge in [-0.1, -0.05) is 6.92 Å². The Balaban J connectivity index is 1.72. The van der Waals surface area contributed by atoms with Gasteiger partial charge in [-0.05, 0) is 25.1 Å². The van der Waals surface area contributed by atoms with Gasteiger partial charge in [-0.15, -0.1) is 0 Å². The number of aromatic nitrogens is 1. The van der Waals surface area contributed by atoms with E-state index in [4.69, 9.17) is 4.74 Å². The second kappa shape index (κ2) is 7.31. The molecule has 0 spiro atoms. The maximum atomic E-state index is 12.1. The maximum absolute atomic E-state index is 12.1. The Labute approximate surface area is 114 Å². The number of nitrogens with zero attached hydrogens (tertiary/aromatic N) is 1. The lowest BCUT2D eigenvalue weighted by Crippen LogP contribution is -2.44. The maximum Gasteiger partial charge on any atom is 0.227 e. The molecule has 0 saturated carbocycles. The summed E-state index contributed by atoms with van der Waals surface area (Å²) in [5.74, 6) is 0.0365. The molecular formula is C14H23N3O2. The highest BCUT2D eigenvalue weighted by Gasteiger charge is 2.33. The van der Waals surface area contributed by atoms with Crippen LogP contribution in [0.25, 0.3) is 0 Å². The number of rotatable bonds is 7. The fourth-order valence-corrected chi connectivity index (χ4v) is 2.30. The summed E-state index contributed by atoms with van der Waals surface area (Å²) < 4.78 is 7.47. The van der Waals surface area contributed by atoms with E-state index in [-0.39, 0.29) is 17.9 Å². The van der Waals surface area contributed by atoms with Crippen molar-refractivity contribution in [2.75, 3.05) is 26.3 Å². The number of ether oxygens (including phenoxy) is 1. The molecule has 2 rings (SSSR count). The predicted octanol–water partition coefficient (Wildman–Crippen LogP) is 0.619. The number of carbonyl (C=O) groups excluding carboxylic acids is 1. The standard InChI is InChI=1S/C14H23N3O2/c1-2-5-15-13-11-19-10-12(13)14(18)16-6-9-17-7-3-4-8-17/h3-4,7-8,12-13,15H,2,5-6,9-11H2,1H3,(H,16,18). The lowest BCUT2D eigenvalue weighted by Gasteiger charge is -2.18. The second-order valence-corrected chi connectivity index (χ2v) is 4.92. The van der Waals surface area contributed by atoms with Gasteiger partial charge in [0.1, 0.15) is 0 Å². The molecule has 1 aromatic heterocycles. The number of amides is 1. The van der Waals surface area contributed by atoms with E-state index in [1.54, 1.807) is 0 Å². The van der Waals surface area contributed by atoms with Crippen molar-refractivity contribution in [3.05, 3.63) is 24.5 Å². The van der Waals surface area contributed by atoms with Crippen molar-refractivity contribution in [2.24, 2.45) is 5.92 Å². The van der Waals surface area contributed by atoms with E-state index in [1.165, 1.54) is 0 Å². The molecule has 0 aliphatic carbocycles. The summed E-state index contributed by atoms with van der Waals surface area (Å²) in [6.07, 6.45) is 5.06. The van der Waals surface area contributed by atoms with Crippen molar-refractivity contribution in [1.29, 1.82) is 0 Å². The average Bonchev–Trinajstić information content (AvgIpc) is 3.07. The van der Waals surface area contributed by atoms with Crippen LogP contribution in [-0.2, 0) is 16.1 Å². The quantitative estimate of drug-likeness (QED) is 0.760. The molecule has 0 bridgehead atoms. The monoisotopic (exact) mass is 265 g/mol. The molecule has 0 aromatic carbocycles. The largest absolute Gasteiger partial charge is 0.379 e. The Morgan fingerprint density at radius 1 is 1.32 bits per heavy atom. The van der Waals surface area contributed by atoms with Crippen LogP contribution in [0.5, 0.6) is 0 Å². The zero-order valence-electron chi connectivity index (χ0n) is 11.5. The third-order valence-electron chi connectivity index (χ3n) is 3.41. The van der Waals surface area contributed by atoms with E-state index in [0.717, 1.165) is 19.5 Å². The first kappa shape index (κ1) is 14.1. The van der Waals surface area contributed by atoms with E-state index < -0.39 is 0 Å². The summed E-state index contributed by atoms with van der Waals surface area (Å²) in [4.78, 5) is 12.1. The third-order valence-corrected chi connectivity index (χ3v) is 3.41. The van der Waals surface area contributed by atoms with Crippen molar-refractivity contribution in [2.45, 2.75) is 25.9 Å². The molecule has 2 heterocycles. The molecular weight excluding hydrogens is 242 g/mol. The van der Waals surface area contributed by atoms with Crippen molar-refractivity contribution in [3.8, 4) is 0 Å². The van der Waals surface area contributed by atoms with Gasteiger partial charge in [-0.25, -0.2) is 0 Å². The van der Waals surface area contributed by atoms with Gasteiger partial charge < -0.3 is 19.9 Å². The molecule has 19 heavy (non-hydrogen) atoms. The van der Waals surface area contributed by atoms with Gasteiger partial charge in [0.15, 0.2) is 0 Å². The molecule has 1 fully saturated rings. The molecule has 2 unspecified atom stereocenters. The summed E-state index contributed by atoms with van der Waals surface area (Å²) >= 11 is 0. The molecule has 1 aliphatic rings. The van der Waals surface area contributed by atoms with Gasteiger partial charge in [0.2, 0.25) is 5.91 Å². The molecule has 106 valence electrons. The smallest absolute Gasteiger partial charge is 0.227 e. The zero-order chi connectivity index (χ0) is 13.5. The Morgan fingerprint density at radius 3 is 2.84 bits per heavy atom. The number of hydrogen-bond donors (Lipinski definition) is 2. The Hall–Kier alpha value is -1.33. The number of hydrogen-bond acceptors (Lipinski definition) is 3. The summed E-state index contributed by atoms with van der Waals surface area (Å²) in [7, 11) is 0. The normalized spacial score (nSPS) is 22.6. The first-order valence-electron chi connectivity index (χ1n) is 7.01. The number of carbonyl (C=O) groups is 1. The molecule has 5 heteroatoms. The minimum Gasteiger partial charge on any atom is -0.379 e. The van der Waals surface area contributed by atoms with Gasteiger partial charge >= 0.3 is 0 Å². The Kier molecular flexibility index (Phi) is 5.42.